The van der Waals surface area contributed by atoms with Crippen LogP contribution in [0.3, 0.4) is 0 Å². The molecule has 28 heavy (non-hydrogen) atoms. The molecule has 1 saturated heterocycles. The molecule has 0 radical (unpaired) electrons. The Morgan fingerprint density at radius 3 is 2.71 bits per heavy atom. The quantitative estimate of drug-likeness (QED) is 0.532. The number of imide groups is 1. The van der Waals surface area contributed by atoms with Gasteiger partial charge in [0.15, 0.2) is 0 Å². The predicted octanol–water partition coefficient (Wildman–Crippen LogP) is 2.51. The number of hydrogen-bond acceptors (Lipinski definition) is 4. The number of rotatable bonds is 8. The van der Waals surface area contributed by atoms with E-state index in [0.29, 0.717) is 12.3 Å². The summed E-state index contributed by atoms with van der Waals surface area (Å²) in [6.45, 7) is 0.732. The average molecular weight is 385 g/mol. The Morgan fingerprint density at radius 2 is 2.04 bits per heavy atom. The second-order valence-corrected chi connectivity index (χ2v) is 7.19. The van der Waals surface area contributed by atoms with Crippen LogP contribution >= 0.6 is 0 Å². The molecule has 0 spiro atoms. The Balaban J connectivity index is 1.46. The highest BCUT2D eigenvalue weighted by Gasteiger charge is 2.38. The number of benzene rings is 1. The van der Waals surface area contributed by atoms with Crippen LogP contribution < -0.4 is 15.4 Å². The summed E-state index contributed by atoms with van der Waals surface area (Å²) in [5, 5.41) is 5.46. The zero-order chi connectivity index (χ0) is 19.9. The highest BCUT2D eigenvalue weighted by molar-refractivity contribution is 6.05. The molecule has 7 heteroatoms. The van der Waals surface area contributed by atoms with Gasteiger partial charge in [-0.05, 0) is 49.8 Å². The van der Waals surface area contributed by atoms with Crippen molar-refractivity contribution in [3.63, 3.8) is 0 Å². The third kappa shape index (κ3) is 5.12. The largest absolute Gasteiger partial charge is 0.497 e. The summed E-state index contributed by atoms with van der Waals surface area (Å²) in [6, 6.07) is 5.89. The van der Waals surface area contributed by atoms with Crippen molar-refractivity contribution in [3.05, 3.63) is 41.5 Å². The van der Waals surface area contributed by atoms with E-state index in [1.54, 1.807) is 31.4 Å². The van der Waals surface area contributed by atoms with Gasteiger partial charge in [-0.2, -0.15) is 0 Å². The molecule has 3 rings (SSSR count). The van der Waals surface area contributed by atoms with Crippen LogP contribution in [0.4, 0.5) is 4.79 Å². The maximum atomic E-state index is 12.5. The first-order chi connectivity index (χ1) is 13.6. The molecule has 7 nitrogen and oxygen atoms in total. The number of nitrogens with zero attached hydrogens (tertiary/aromatic N) is 1. The molecule has 1 aromatic carbocycles. The molecule has 2 N–H and O–H groups in total. The van der Waals surface area contributed by atoms with E-state index in [-0.39, 0.29) is 24.8 Å². The number of urea groups is 1. The summed E-state index contributed by atoms with van der Waals surface area (Å²) < 4.78 is 5.11. The molecular weight excluding hydrogens is 358 g/mol. The van der Waals surface area contributed by atoms with Crippen molar-refractivity contribution in [2.75, 3.05) is 13.7 Å². The first-order valence-corrected chi connectivity index (χ1v) is 9.76. The maximum Gasteiger partial charge on any atom is 0.325 e. The molecule has 0 unspecified atom stereocenters. The van der Waals surface area contributed by atoms with E-state index >= 15 is 0 Å². The van der Waals surface area contributed by atoms with Gasteiger partial charge in [-0.15, -0.1) is 0 Å². The summed E-state index contributed by atoms with van der Waals surface area (Å²) in [5.41, 5.74) is 2.21. The highest BCUT2D eigenvalue weighted by atomic mass is 16.5. The lowest BCUT2D eigenvalue weighted by molar-refractivity contribution is -0.131. The van der Waals surface area contributed by atoms with E-state index in [1.807, 2.05) is 0 Å². The minimum Gasteiger partial charge on any atom is -0.497 e. The van der Waals surface area contributed by atoms with Gasteiger partial charge in [0.2, 0.25) is 5.91 Å². The van der Waals surface area contributed by atoms with Crippen molar-refractivity contribution < 1.29 is 19.1 Å². The number of allylic oxidation sites excluding steroid dienone is 1. The Kier molecular flexibility index (Phi) is 6.68. The molecule has 2 aliphatic rings. The zero-order valence-corrected chi connectivity index (χ0v) is 16.2. The number of carbonyl (C=O) groups is 3. The van der Waals surface area contributed by atoms with Crippen LogP contribution in [0.1, 0.15) is 44.1 Å². The number of amides is 4. The second-order valence-electron chi connectivity index (χ2n) is 7.19. The molecule has 1 atom stereocenters. The van der Waals surface area contributed by atoms with Crippen molar-refractivity contribution in [2.24, 2.45) is 0 Å². The number of methoxy groups -OCH3 is 1. The molecule has 1 aliphatic heterocycles. The zero-order valence-electron chi connectivity index (χ0n) is 16.2. The van der Waals surface area contributed by atoms with Crippen molar-refractivity contribution in [1.82, 2.24) is 15.5 Å². The smallest absolute Gasteiger partial charge is 0.325 e. The van der Waals surface area contributed by atoms with Crippen LogP contribution in [0.2, 0.25) is 0 Å². The van der Waals surface area contributed by atoms with Crippen LogP contribution in [0.25, 0.3) is 0 Å². The average Bonchev–Trinajstić information content (AvgIpc) is 2.96. The summed E-state index contributed by atoms with van der Waals surface area (Å²) in [5.74, 6) is 0.117. The number of ether oxygens (including phenoxy) is 1. The fourth-order valence-electron chi connectivity index (χ4n) is 3.53. The van der Waals surface area contributed by atoms with Crippen molar-refractivity contribution in [3.8, 4) is 5.75 Å². The number of hydrogen-bond donors (Lipinski definition) is 2. The molecule has 150 valence electrons. The third-order valence-electron chi connectivity index (χ3n) is 5.15. The van der Waals surface area contributed by atoms with Crippen LogP contribution in [-0.2, 0) is 16.1 Å². The topological polar surface area (TPSA) is 87.7 Å². The second kappa shape index (κ2) is 9.39. The lowest BCUT2D eigenvalue weighted by Crippen LogP contribution is -2.36. The standard InChI is InChI=1S/C21H27N3O4/c1-28-17-9-7-16(8-10-17)14-24-20(26)18(23-21(24)27)13-19(25)22-12-11-15-5-3-2-4-6-15/h5,7-10,18H,2-4,6,11-14H2,1H3,(H,22,25)(H,23,27)/t18-/m0/s1. The first kappa shape index (κ1) is 19.9. The molecule has 4 amide bonds. The van der Waals surface area contributed by atoms with Gasteiger partial charge in [-0.1, -0.05) is 23.8 Å². The summed E-state index contributed by atoms with van der Waals surface area (Å²) in [6.07, 6.45) is 7.75. The van der Waals surface area contributed by atoms with Gasteiger partial charge < -0.3 is 15.4 Å². The van der Waals surface area contributed by atoms with E-state index < -0.39 is 12.1 Å². The predicted molar refractivity (Wildman–Crippen MR) is 105 cm³/mol. The first-order valence-electron chi connectivity index (χ1n) is 9.76. The van der Waals surface area contributed by atoms with Gasteiger partial charge in [-0.3, -0.25) is 14.5 Å². The van der Waals surface area contributed by atoms with Gasteiger partial charge in [0.05, 0.1) is 20.1 Å². The van der Waals surface area contributed by atoms with Crippen molar-refractivity contribution in [2.45, 2.75) is 51.1 Å². The van der Waals surface area contributed by atoms with Crippen LogP contribution in [0.15, 0.2) is 35.9 Å². The molecule has 0 bridgehead atoms. The van der Waals surface area contributed by atoms with E-state index in [0.717, 1.165) is 29.7 Å². The summed E-state index contributed by atoms with van der Waals surface area (Å²) >= 11 is 0. The fourth-order valence-corrected chi connectivity index (χ4v) is 3.53. The Bertz CT molecular complexity index is 757. The van der Waals surface area contributed by atoms with Crippen LogP contribution in [0, 0.1) is 0 Å². The highest BCUT2D eigenvalue weighted by Crippen LogP contribution is 2.20. The minimum atomic E-state index is -0.806. The third-order valence-corrected chi connectivity index (χ3v) is 5.15. The van der Waals surface area contributed by atoms with Gasteiger partial charge in [0.1, 0.15) is 11.8 Å². The molecule has 0 aromatic heterocycles. The van der Waals surface area contributed by atoms with E-state index in [2.05, 4.69) is 16.7 Å². The van der Waals surface area contributed by atoms with Crippen LogP contribution in [0.5, 0.6) is 5.75 Å². The van der Waals surface area contributed by atoms with E-state index in [9.17, 15) is 14.4 Å². The van der Waals surface area contributed by atoms with Gasteiger partial charge in [0, 0.05) is 6.54 Å². The Morgan fingerprint density at radius 1 is 1.25 bits per heavy atom. The summed E-state index contributed by atoms with van der Waals surface area (Å²) in [7, 11) is 1.58. The summed E-state index contributed by atoms with van der Waals surface area (Å²) in [4.78, 5) is 38.0. The Labute approximate surface area is 165 Å². The Hall–Kier alpha value is -2.83. The van der Waals surface area contributed by atoms with Gasteiger partial charge >= 0.3 is 6.03 Å². The lowest BCUT2D eigenvalue weighted by Gasteiger charge is -2.14. The minimum absolute atomic E-state index is 0.0390. The molecule has 1 fully saturated rings. The number of nitrogens with one attached hydrogen (secondary N) is 2. The molecule has 1 aromatic rings. The molecule has 1 heterocycles. The van der Waals surface area contributed by atoms with E-state index in [4.69, 9.17) is 4.74 Å². The molecular formula is C21H27N3O4. The van der Waals surface area contributed by atoms with Crippen LogP contribution in [-0.4, -0.2) is 42.4 Å². The number of carbonyl (C=O) groups excluding carboxylic acids is 3. The SMILES string of the molecule is COc1ccc(CN2C(=O)N[C@@H](CC(=O)NCCC3=CCCCC3)C2=O)cc1. The van der Waals surface area contributed by atoms with E-state index in [1.165, 1.54) is 18.4 Å². The van der Waals surface area contributed by atoms with Crippen molar-refractivity contribution in [1.29, 1.82) is 0 Å². The lowest BCUT2D eigenvalue weighted by atomic mass is 9.97. The maximum absolute atomic E-state index is 12.5. The van der Waals surface area contributed by atoms with Gasteiger partial charge in [-0.25, -0.2) is 4.79 Å². The fraction of sp³-hybridized carbons (Fsp3) is 0.476. The monoisotopic (exact) mass is 385 g/mol. The molecule has 1 aliphatic carbocycles. The van der Waals surface area contributed by atoms with Crippen molar-refractivity contribution >= 4 is 17.8 Å². The van der Waals surface area contributed by atoms with Gasteiger partial charge in [0.25, 0.3) is 5.91 Å². The molecule has 0 saturated carbocycles. The normalized spacial score (nSPS) is 19.2.